The number of aromatic nitrogens is 5. The average Bonchev–Trinajstić information content (AvgIpc) is 1.58. The van der Waals surface area contributed by atoms with Gasteiger partial charge in [-0.15, -0.1) is 106 Å². The number of carbonyl (C=O) groups is 3. The minimum atomic E-state index is -0.125. The summed E-state index contributed by atoms with van der Waals surface area (Å²) in [5.41, 5.74) is 22.4. The number of nitrogens with zero attached hydrogens (tertiary/aromatic N) is 5. The first-order valence-electron chi connectivity index (χ1n) is 36.6. The third kappa shape index (κ3) is 26.5. The molecule has 3 N–H and O–H groups in total. The molecule has 4 radical (unpaired) electrons. The van der Waals surface area contributed by atoms with E-state index in [1.807, 2.05) is 115 Å². The van der Waals surface area contributed by atoms with E-state index >= 15 is 0 Å². The molecule has 116 heavy (non-hydrogen) atoms. The van der Waals surface area contributed by atoms with Gasteiger partial charge in [-0.2, -0.15) is 83.4 Å². The number of carbonyl (C=O) groups excluding carboxylic acids is 3. The third-order valence-electron chi connectivity index (χ3n) is 17.8. The molecule has 0 unspecified atom stereocenters. The second-order valence-electron chi connectivity index (χ2n) is 27.5. The number of hydrogen-bond donors (Lipinski definition) is 3. The van der Waals surface area contributed by atoms with E-state index in [1.54, 1.807) is 6.20 Å². The molecule has 0 amide bonds. The van der Waals surface area contributed by atoms with Crippen molar-refractivity contribution in [1.82, 2.24) is 24.9 Å². The standard InChI is InChI=1S/C28H21N4.C24H18N.2C17H12.3C5H8O2.4Ir/c1-19-6-10-22(11-7-19)26-30-27(23-12-8-20(2)9-13-23)32-28(31-26)24-16-14-21(15-17-24)25-5-3-4-18-29-25;1-24(2)20-9-5-4-8-18(20)19-13-11-17(15-21(19)24)23-14-12-16-7-3-6-10-22(16)25-23;1-13-11-16(14-7-3-2-4-8-14)12-15-9-5-6-10-17(13)15;1-13-11-15-9-5-6-10-16(15)12-17(13)14-7-3-2-4-8-14;3*1-4(6)3-5(2)7;;;;/h3-14,16-18H,1-2H3;3-10,12-15H,1-2H3;2*2-7,9-11H,1H3;3*3,6H,1-2H3;;;;/q2*-1;2*-2;;;;;;;. The Hall–Kier alpha value is -11.0. The van der Waals surface area contributed by atoms with E-state index in [1.165, 1.54) is 126 Å². The number of aliphatic hydroxyl groups is 3. The van der Waals surface area contributed by atoms with Gasteiger partial charge in [-0.1, -0.05) is 218 Å². The first kappa shape index (κ1) is 93.8. The summed E-state index contributed by atoms with van der Waals surface area (Å²) in [6.07, 6.45) is 5.28. The zero-order chi connectivity index (χ0) is 79.8. The van der Waals surface area contributed by atoms with Crippen LogP contribution in [0.1, 0.15) is 88.8 Å². The van der Waals surface area contributed by atoms with Crippen LogP contribution < -0.4 is 0 Å². The Morgan fingerprint density at radius 3 is 1.41 bits per heavy atom. The predicted molar refractivity (Wildman–Crippen MR) is 456 cm³/mol. The van der Waals surface area contributed by atoms with Crippen LogP contribution in [0.25, 0.3) is 123 Å². The largest absolute Gasteiger partial charge is 0.512 e. The molecule has 0 spiro atoms. The van der Waals surface area contributed by atoms with Crippen molar-refractivity contribution in [3.05, 3.63) is 378 Å². The smallest absolute Gasteiger partial charge is 0.163 e. The van der Waals surface area contributed by atoms with Crippen LogP contribution >= 0.6 is 0 Å². The third-order valence-corrected chi connectivity index (χ3v) is 17.8. The van der Waals surface area contributed by atoms with E-state index in [0.717, 1.165) is 72.4 Å². The fraction of sp³-hybridized carbons (Fsp3) is 0.129. The van der Waals surface area contributed by atoms with Gasteiger partial charge in [-0.05, 0) is 95.3 Å². The summed E-state index contributed by atoms with van der Waals surface area (Å²) in [4.78, 5) is 53.7. The topological polar surface area (TPSA) is 176 Å². The molecule has 1 aliphatic carbocycles. The van der Waals surface area contributed by atoms with Crippen molar-refractivity contribution in [2.24, 2.45) is 0 Å². The SMILES string of the molecule is CC(=O)C=C(C)O.CC(=O)C=C(C)O.CC(=O)C=C(C)O.CC1(C)c2ccccc2-c2c[c-]c(-c3ccc4ccccc4n3)cc21.Cc1cc(-c2[c-]cccc2)[c-]c2ccccc12.Cc1cc2ccccc2[c-]c1-c1[c-]cccc1.Cc1ccc(-c2nc(-c3c[c-]c(-c4ccccn4)cc3)nc(-c3ccc(C)cc3)n2)cc1.[Ir].[Ir].[Ir].[Ir]. The second-order valence-corrected chi connectivity index (χ2v) is 27.5. The molecule has 0 atom stereocenters. The van der Waals surface area contributed by atoms with Gasteiger partial charge in [0.1, 0.15) is 5.82 Å². The molecular weight excluding hydrogens is 2150 g/mol. The Morgan fingerprint density at radius 1 is 0.371 bits per heavy atom. The molecule has 1 aliphatic rings. The number of aryl methyl sites for hydroxylation is 4. The van der Waals surface area contributed by atoms with Crippen molar-refractivity contribution >= 4 is 49.8 Å². The number of allylic oxidation sites excluding steroid dienone is 6. The summed E-state index contributed by atoms with van der Waals surface area (Å²) in [6.45, 7) is 21.5. The maximum Gasteiger partial charge on any atom is 0.163 e. The summed E-state index contributed by atoms with van der Waals surface area (Å²) in [7, 11) is 0. The molecular formula is C101H87Ir4N5O6-6. The normalized spacial score (nSPS) is 11.3. The van der Waals surface area contributed by atoms with Crippen LogP contribution in [0.3, 0.4) is 0 Å². The molecule has 3 aromatic heterocycles. The monoisotopic (exact) mass is 2240 g/mol. The van der Waals surface area contributed by atoms with Gasteiger partial charge >= 0.3 is 0 Å². The minimum absolute atomic E-state index is 0. The van der Waals surface area contributed by atoms with Gasteiger partial charge in [0.15, 0.2) is 29.0 Å². The molecule has 0 saturated heterocycles. The van der Waals surface area contributed by atoms with Gasteiger partial charge < -0.3 is 20.3 Å². The van der Waals surface area contributed by atoms with Crippen LogP contribution in [0.4, 0.5) is 0 Å². The van der Waals surface area contributed by atoms with Gasteiger partial charge in [0.25, 0.3) is 0 Å². The van der Waals surface area contributed by atoms with Crippen LogP contribution in [0.15, 0.2) is 309 Å². The van der Waals surface area contributed by atoms with Crippen LogP contribution in [0.5, 0.6) is 0 Å². The maximum absolute atomic E-state index is 10.0. The molecule has 11 nitrogen and oxygen atoms in total. The molecule has 15 heteroatoms. The first-order valence-corrected chi connectivity index (χ1v) is 36.6. The van der Waals surface area contributed by atoms with E-state index < -0.39 is 0 Å². The first-order chi connectivity index (χ1) is 53.9. The minimum Gasteiger partial charge on any atom is -0.512 e. The molecule has 15 aromatic rings. The van der Waals surface area contributed by atoms with Gasteiger partial charge in [0.05, 0.1) is 22.8 Å². The fourth-order valence-electron chi connectivity index (χ4n) is 12.5. The van der Waals surface area contributed by atoms with E-state index in [9.17, 15) is 14.4 Å². The van der Waals surface area contributed by atoms with Crippen LogP contribution in [-0.2, 0) is 100 Å². The van der Waals surface area contributed by atoms with Gasteiger partial charge in [-0.3, -0.25) is 19.4 Å². The van der Waals surface area contributed by atoms with Crippen molar-refractivity contribution < 1.29 is 110 Å². The molecule has 0 bridgehead atoms. The van der Waals surface area contributed by atoms with E-state index in [2.05, 4.69) is 235 Å². The van der Waals surface area contributed by atoms with Crippen molar-refractivity contribution in [2.45, 2.75) is 88.5 Å². The van der Waals surface area contributed by atoms with E-state index in [-0.39, 0.29) is 120 Å². The molecule has 0 saturated carbocycles. The number of hydrogen-bond acceptors (Lipinski definition) is 11. The molecule has 0 aliphatic heterocycles. The predicted octanol–water partition coefficient (Wildman–Crippen LogP) is 24.3. The molecule has 594 valence electrons. The number of ketones is 3. The second kappa shape index (κ2) is 45.3. The summed E-state index contributed by atoms with van der Waals surface area (Å²) in [5, 5.41) is 31.1. The zero-order valence-electron chi connectivity index (χ0n) is 66.3. The van der Waals surface area contributed by atoms with Gasteiger partial charge in [0, 0.05) is 116 Å². The fourth-order valence-corrected chi connectivity index (χ4v) is 12.5. The van der Waals surface area contributed by atoms with E-state index in [0.29, 0.717) is 17.5 Å². The number of fused-ring (bicyclic) bond motifs is 6. The number of aliphatic hydroxyl groups excluding tert-OH is 3. The number of para-hydroxylation sites is 1. The van der Waals surface area contributed by atoms with Gasteiger partial charge in [-0.25, -0.2) is 26.1 Å². The van der Waals surface area contributed by atoms with E-state index in [4.69, 9.17) is 35.3 Å². The molecule has 3 heterocycles. The summed E-state index contributed by atoms with van der Waals surface area (Å²) >= 11 is 0. The summed E-state index contributed by atoms with van der Waals surface area (Å²) in [5.74, 6) is 1.74. The van der Waals surface area contributed by atoms with Crippen LogP contribution in [-0.4, -0.2) is 57.6 Å². The number of rotatable bonds is 10. The van der Waals surface area contributed by atoms with Crippen LogP contribution in [0.2, 0.25) is 0 Å². The Morgan fingerprint density at radius 2 is 0.871 bits per heavy atom. The Kier molecular flexibility index (Phi) is 36.6. The summed E-state index contributed by atoms with van der Waals surface area (Å²) < 4.78 is 0. The van der Waals surface area contributed by atoms with Gasteiger partial charge in [0.2, 0.25) is 0 Å². The zero-order valence-corrected chi connectivity index (χ0v) is 75.9. The molecule has 12 aromatic carbocycles. The van der Waals surface area contributed by atoms with Crippen molar-refractivity contribution in [3.8, 4) is 90.1 Å². The average molecular weight is 2240 g/mol. The molecule has 16 rings (SSSR count). The summed E-state index contributed by atoms with van der Waals surface area (Å²) in [6, 6.07) is 111. The van der Waals surface area contributed by atoms with Crippen molar-refractivity contribution in [3.63, 3.8) is 0 Å². The van der Waals surface area contributed by atoms with Crippen molar-refractivity contribution in [1.29, 1.82) is 0 Å². The number of benzene rings is 12. The quantitative estimate of drug-likeness (QED) is 0.0675. The number of pyridine rings is 2. The van der Waals surface area contributed by atoms with Crippen LogP contribution in [0, 0.1) is 64.1 Å². The molecule has 0 fully saturated rings. The van der Waals surface area contributed by atoms with Crippen molar-refractivity contribution in [2.75, 3.05) is 0 Å². The maximum atomic E-state index is 10.0. The Labute approximate surface area is 735 Å². The Bertz CT molecular complexity index is 5740. The Balaban J connectivity index is 0.000000224.